The van der Waals surface area contributed by atoms with E-state index in [9.17, 15) is 0 Å². The molecule has 0 aliphatic carbocycles. The molecule has 1 atom stereocenters. The lowest BCUT2D eigenvalue weighted by molar-refractivity contribution is 0.179. The maximum atomic E-state index is 5.13. The number of anilines is 1. The molecule has 21 heavy (non-hydrogen) atoms. The van der Waals surface area contributed by atoms with E-state index < -0.39 is 0 Å². The van der Waals surface area contributed by atoms with Gasteiger partial charge in [0.2, 0.25) is 0 Å². The largest absolute Gasteiger partial charge is 0.383 e. The number of hydrogen-bond donors (Lipinski definition) is 2. The zero-order valence-corrected chi connectivity index (χ0v) is 13.8. The van der Waals surface area contributed by atoms with Gasteiger partial charge in [0.1, 0.15) is 0 Å². The summed E-state index contributed by atoms with van der Waals surface area (Å²) >= 11 is 0. The van der Waals surface area contributed by atoms with Crippen LogP contribution < -0.4 is 15.5 Å². The fraction of sp³-hybridized carbons (Fsp3) is 0.562. The minimum atomic E-state index is 0.226. The van der Waals surface area contributed by atoms with Crippen LogP contribution in [0.5, 0.6) is 0 Å². The Kier molecular flexibility index (Phi) is 7.61. The summed E-state index contributed by atoms with van der Waals surface area (Å²) in [6.45, 7) is 6.28. The van der Waals surface area contributed by atoms with Crippen LogP contribution in [0.3, 0.4) is 0 Å². The maximum Gasteiger partial charge on any atom is 0.191 e. The van der Waals surface area contributed by atoms with E-state index in [1.165, 1.54) is 11.3 Å². The molecule has 0 spiro atoms. The van der Waals surface area contributed by atoms with Crippen LogP contribution in [0.1, 0.15) is 19.4 Å². The Morgan fingerprint density at radius 2 is 1.95 bits per heavy atom. The summed E-state index contributed by atoms with van der Waals surface area (Å²) in [6.07, 6.45) is 0. The summed E-state index contributed by atoms with van der Waals surface area (Å²) in [7, 11) is 5.78. The van der Waals surface area contributed by atoms with Crippen molar-refractivity contribution in [3.63, 3.8) is 0 Å². The van der Waals surface area contributed by atoms with Gasteiger partial charge in [0.05, 0.1) is 13.2 Å². The van der Waals surface area contributed by atoms with Gasteiger partial charge < -0.3 is 20.3 Å². The molecule has 0 saturated heterocycles. The van der Waals surface area contributed by atoms with Crippen molar-refractivity contribution in [3.8, 4) is 0 Å². The molecule has 0 aliphatic heterocycles. The van der Waals surface area contributed by atoms with Crippen molar-refractivity contribution in [1.29, 1.82) is 0 Å². The summed E-state index contributed by atoms with van der Waals surface area (Å²) in [5.74, 6) is 0.818. The van der Waals surface area contributed by atoms with Gasteiger partial charge in [-0.25, -0.2) is 4.99 Å². The first-order valence-electron chi connectivity index (χ1n) is 7.36. The summed E-state index contributed by atoms with van der Waals surface area (Å²) < 4.78 is 5.13. The van der Waals surface area contributed by atoms with E-state index in [-0.39, 0.29) is 6.04 Å². The summed E-state index contributed by atoms with van der Waals surface area (Å²) in [4.78, 5) is 6.69. The fourth-order valence-electron chi connectivity index (χ4n) is 1.91. The van der Waals surface area contributed by atoms with Gasteiger partial charge in [0.25, 0.3) is 0 Å². The lowest BCUT2D eigenvalue weighted by atomic mass is 10.2. The SMILES string of the molecule is CCNC(=NCc1ccc(N(C)C)cc1)NC(C)COC. The van der Waals surface area contributed by atoms with E-state index in [1.807, 2.05) is 14.1 Å². The van der Waals surface area contributed by atoms with Gasteiger partial charge >= 0.3 is 0 Å². The highest BCUT2D eigenvalue weighted by atomic mass is 16.5. The Morgan fingerprint density at radius 1 is 1.29 bits per heavy atom. The van der Waals surface area contributed by atoms with Crippen LogP contribution in [0.15, 0.2) is 29.3 Å². The molecule has 1 aromatic carbocycles. The molecular weight excluding hydrogens is 264 g/mol. The molecule has 0 aliphatic rings. The van der Waals surface area contributed by atoms with Crippen LogP contribution >= 0.6 is 0 Å². The smallest absolute Gasteiger partial charge is 0.191 e. The Morgan fingerprint density at radius 3 is 2.48 bits per heavy atom. The molecule has 1 rings (SSSR count). The van der Waals surface area contributed by atoms with Crippen molar-refractivity contribution in [2.75, 3.05) is 39.3 Å². The molecule has 5 nitrogen and oxygen atoms in total. The highest BCUT2D eigenvalue weighted by Crippen LogP contribution is 2.12. The predicted molar refractivity (Wildman–Crippen MR) is 90.1 cm³/mol. The van der Waals surface area contributed by atoms with Gasteiger partial charge in [-0.15, -0.1) is 0 Å². The van der Waals surface area contributed by atoms with E-state index in [4.69, 9.17) is 4.74 Å². The van der Waals surface area contributed by atoms with Crippen LogP contribution in [-0.4, -0.2) is 46.4 Å². The van der Waals surface area contributed by atoms with Crippen molar-refractivity contribution >= 4 is 11.6 Å². The number of nitrogens with one attached hydrogen (secondary N) is 2. The third-order valence-corrected chi connectivity index (χ3v) is 3.02. The molecule has 0 bridgehead atoms. The normalized spacial score (nSPS) is 12.9. The monoisotopic (exact) mass is 292 g/mol. The molecule has 1 unspecified atom stereocenters. The third kappa shape index (κ3) is 6.49. The number of methoxy groups -OCH3 is 1. The van der Waals surface area contributed by atoms with E-state index in [2.05, 4.69) is 58.6 Å². The van der Waals surface area contributed by atoms with E-state index in [0.717, 1.165) is 12.5 Å². The molecule has 5 heteroatoms. The molecule has 0 fully saturated rings. The van der Waals surface area contributed by atoms with E-state index >= 15 is 0 Å². The number of guanidine groups is 1. The molecule has 0 saturated carbocycles. The first-order valence-corrected chi connectivity index (χ1v) is 7.36. The highest BCUT2D eigenvalue weighted by molar-refractivity contribution is 5.80. The lowest BCUT2D eigenvalue weighted by Gasteiger charge is -2.17. The van der Waals surface area contributed by atoms with Crippen LogP contribution in [0, 0.1) is 0 Å². The van der Waals surface area contributed by atoms with Gasteiger partial charge in [-0.1, -0.05) is 12.1 Å². The van der Waals surface area contributed by atoms with Gasteiger partial charge in [-0.3, -0.25) is 0 Å². The maximum absolute atomic E-state index is 5.13. The number of ether oxygens (including phenoxy) is 1. The number of rotatable bonds is 7. The Bertz CT molecular complexity index is 428. The summed E-state index contributed by atoms with van der Waals surface area (Å²) in [5.41, 5.74) is 2.39. The second-order valence-corrected chi connectivity index (χ2v) is 5.26. The van der Waals surface area contributed by atoms with Crippen molar-refractivity contribution < 1.29 is 4.74 Å². The van der Waals surface area contributed by atoms with Crippen LogP contribution in [-0.2, 0) is 11.3 Å². The van der Waals surface area contributed by atoms with Crippen molar-refractivity contribution in [2.45, 2.75) is 26.4 Å². The number of nitrogens with zero attached hydrogens (tertiary/aromatic N) is 2. The molecule has 2 N–H and O–H groups in total. The Balaban J connectivity index is 2.64. The van der Waals surface area contributed by atoms with Gasteiger partial charge in [0.15, 0.2) is 5.96 Å². The zero-order chi connectivity index (χ0) is 15.7. The third-order valence-electron chi connectivity index (χ3n) is 3.02. The highest BCUT2D eigenvalue weighted by Gasteiger charge is 2.04. The average molecular weight is 292 g/mol. The second-order valence-electron chi connectivity index (χ2n) is 5.26. The summed E-state index contributed by atoms with van der Waals surface area (Å²) in [6, 6.07) is 8.67. The minimum Gasteiger partial charge on any atom is -0.383 e. The molecule has 0 aromatic heterocycles. The van der Waals surface area contributed by atoms with Crippen molar-refractivity contribution in [2.24, 2.45) is 4.99 Å². The predicted octanol–water partition coefficient (Wildman–Crippen LogP) is 1.84. The minimum absolute atomic E-state index is 0.226. The first-order chi connectivity index (χ1) is 10.1. The molecule has 0 radical (unpaired) electrons. The van der Waals surface area contributed by atoms with Crippen LogP contribution in [0.2, 0.25) is 0 Å². The Labute approximate surface area is 128 Å². The zero-order valence-electron chi connectivity index (χ0n) is 13.8. The first kappa shape index (κ1) is 17.3. The van der Waals surface area contributed by atoms with Gasteiger partial charge in [-0.05, 0) is 31.5 Å². The number of hydrogen-bond acceptors (Lipinski definition) is 3. The van der Waals surface area contributed by atoms with Crippen LogP contribution in [0.25, 0.3) is 0 Å². The second kappa shape index (κ2) is 9.23. The lowest BCUT2D eigenvalue weighted by Crippen LogP contribution is -2.43. The van der Waals surface area contributed by atoms with Crippen molar-refractivity contribution in [1.82, 2.24) is 10.6 Å². The number of benzene rings is 1. The van der Waals surface area contributed by atoms with E-state index in [1.54, 1.807) is 7.11 Å². The number of aliphatic imine (C=N–C) groups is 1. The van der Waals surface area contributed by atoms with Crippen molar-refractivity contribution in [3.05, 3.63) is 29.8 Å². The Hall–Kier alpha value is -1.75. The van der Waals surface area contributed by atoms with Crippen LogP contribution in [0.4, 0.5) is 5.69 Å². The molecule has 0 amide bonds. The average Bonchev–Trinajstić information content (AvgIpc) is 2.45. The molecule has 0 heterocycles. The topological polar surface area (TPSA) is 48.9 Å². The molecule has 118 valence electrons. The standard InChI is InChI=1S/C16H28N4O/c1-6-17-16(19-13(2)12-21-5)18-11-14-7-9-15(10-8-14)20(3)4/h7-10,13H,6,11-12H2,1-5H3,(H2,17,18,19). The van der Waals surface area contributed by atoms with Gasteiger partial charge in [-0.2, -0.15) is 0 Å². The molecule has 1 aromatic rings. The van der Waals surface area contributed by atoms with Gasteiger partial charge in [0, 0.05) is 39.5 Å². The molecular formula is C16H28N4O. The van der Waals surface area contributed by atoms with E-state index in [0.29, 0.717) is 13.2 Å². The fourth-order valence-corrected chi connectivity index (χ4v) is 1.91. The summed E-state index contributed by atoms with van der Waals surface area (Å²) in [5, 5.41) is 6.57. The quantitative estimate of drug-likeness (QED) is 0.595.